The maximum atomic E-state index is 13.0. The van der Waals surface area contributed by atoms with E-state index in [0.717, 1.165) is 12.1 Å². The number of rotatable bonds is 5. The van der Waals surface area contributed by atoms with Gasteiger partial charge in [-0.3, -0.25) is 9.36 Å². The van der Waals surface area contributed by atoms with Crippen molar-refractivity contribution in [1.29, 1.82) is 5.26 Å². The number of thioether (sulfide) groups is 1. The molecule has 0 unspecified atom stereocenters. The Morgan fingerprint density at radius 3 is 2.60 bits per heavy atom. The van der Waals surface area contributed by atoms with E-state index in [0.29, 0.717) is 22.0 Å². The number of hydrogen-bond donors (Lipinski definition) is 0. The summed E-state index contributed by atoms with van der Waals surface area (Å²) in [5, 5.41) is 10.0. The maximum Gasteiger partial charge on any atom is 0.266 e. The summed E-state index contributed by atoms with van der Waals surface area (Å²) in [7, 11) is 0. The molecule has 0 amide bonds. The van der Waals surface area contributed by atoms with Gasteiger partial charge in [0.25, 0.3) is 5.56 Å². The predicted molar refractivity (Wildman–Crippen MR) is 102 cm³/mol. The third-order valence-electron chi connectivity index (χ3n) is 4.34. The second-order valence-electron chi connectivity index (χ2n) is 5.90. The Hall–Kier alpha value is -2.58. The Bertz CT molecular complexity index is 986. The Balaban J connectivity index is 2.18. The van der Waals surface area contributed by atoms with Gasteiger partial charge in [0.15, 0.2) is 5.16 Å². The molecule has 0 saturated carbocycles. The molecule has 0 radical (unpaired) electrons. The summed E-state index contributed by atoms with van der Waals surface area (Å²) >= 11 is 1.28. The van der Waals surface area contributed by atoms with Crippen LogP contribution in [0.15, 0.2) is 58.5 Å². The highest BCUT2D eigenvalue weighted by Gasteiger charge is 2.13. The molecule has 25 heavy (non-hydrogen) atoms. The highest BCUT2D eigenvalue weighted by molar-refractivity contribution is 7.99. The fraction of sp³-hybridized carbons (Fsp3) is 0.250. The van der Waals surface area contributed by atoms with Gasteiger partial charge in [-0.15, -0.1) is 0 Å². The van der Waals surface area contributed by atoms with Crippen LogP contribution in [-0.2, 0) is 0 Å². The minimum Gasteiger partial charge on any atom is -0.268 e. The van der Waals surface area contributed by atoms with Crippen LogP contribution in [0, 0.1) is 11.3 Å². The van der Waals surface area contributed by atoms with Crippen molar-refractivity contribution in [1.82, 2.24) is 9.55 Å². The molecule has 1 heterocycles. The first kappa shape index (κ1) is 17.2. The zero-order valence-corrected chi connectivity index (χ0v) is 15.1. The lowest BCUT2D eigenvalue weighted by molar-refractivity contribution is 0.732. The molecule has 2 aromatic carbocycles. The lowest BCUT2D eigenvalue weighted by atomic mass is 9.98. The van der Waals surface area contributed by atoms with E-state index < -0.39 is 0 Å². The van der Waals surface area contributed by atoms with E-state index >= 15 is 0 Å². The van der Waals surface area contributed by atoms with Gasteiger partial charge >= 0.3 is 0 Å². The second-order valence-corrected chi connectivity index (χ2v) is 6.84. The van der Waals surface area contributed by atoms with Gasteiger partial charge in [-0.1, -0.05) is 49.9 Å². The third-order valence-corrected chi connectivity index (χ3v) is 5.15. The summed E-state index contributed by atoms with van der Waals surface area (Å²) in [5.41, 5.74) is 2.57. The molecule has 0 bridgehead atoms. The zero-order chi connectivity index (χ0) is 17.8. The minimum atomic E-state index is -0.109. The van der Waals surface area contributed by atoms with E-state index in [1.54, 1.807) is 10.6 Å². The van der Waals surface area contributed by atoms with Crippen molar-refractivity contribution in [3.05, 3.63) is 64.4 Å². The molecule has 4 nitrogen and oxygen atoms in total. The molecule has 0 N–H and O–H groups in total. The van der Waals surface area contributed by atoms with Crippen molar-refractivity contribution in [2.24, 2.45) is 0 Å². The van der Waals surface area contributed by atoms with E-state index in [1.807, 2.05) is 30.3 Å². The van der Waals surface area contributed by atoms with Gasteiger partial charge in [-0.05, 0) is 42.2 Å². The highest BCUT2D eigenvalue weighted by Crippen LogP contribution is 2.23. The van der Waals surface area contributed by atoms with Crippen molar-refractivity contribution in [2.45, 2.75) is 31.3 Å². The van der Waals surface area contributed by atoms with E-state index in [4.69, 9.17) is 5.26 Å². The molecule has 126 valence electrons. The first-order valence-electron chi connectivity index (χ1n) is 8.27. The molecular formula is C20H19N3OS. The zero-order valence-electron chi connectivity index (χ0n) is 14.3. The summed E-state index contributed by atoms with van der Waals surface area (Å²) < 4.78 is 1.60. The summed E-state index contributed by atoms with van der Waals surface area (Å²) in [4.78, 5) is 17.6. The second kappa shape index (κ2) is 7.54. The first-order valence-corrected chi connectivity index (χ1v) is 9.26. The lowest BCUT2D eigenvalue weighted by Gasteiger charge is -2.14. The smallest absolute Gasteiger partial charge is 0.266 e. The van der Waals surface area contributed by atoms with Crippen LogP contribution in [0.25, 0.3) is 16.6 Å². The average molecular weight is 349 g/mol. The van der Waals surface area contributed by atoms with Crippen LogP contribution in [0.1, 0.15) is 31.7 Å². The summed E-state index contributed by atoms with van der Waals surface area (Å²) in [6, 6.07) is 17.4. The summed E-state index contributed by atoms with van der Waals surface area (Å²) in [6.07, 6.45) is 1.07. The highest BCUT2D eigenvalue weighted by atomic mass is 32.2. The van der Waals surface area contributed by atoms with Crippen molar-refractivity contribution in [3.8, 4) is 11.8 Å². The van der Waals surface area contributed by atoms with Gasteiger partial charge in [0, 0.05) is 0 Å². The molecule has 0 spiro atoms. The predicted octanol–water partition coefficient (Wildman–Crippen LogP) is 4.51. The van der Waals surface area contributed by atoms with Gasteiger partial charge in [0.1, 0.15) is 0 Å². The molecule has 1 atom stereocenters. The van der Waals surface area contributed by atoms with Crippen LogP contribution < -0.4 is 5.56 Å². The van der Waals surface area contributed by atoms with Crippen LogP contribution in [0.5, 0.6) is 0 Å². The van der Waals surface area contributed by atoms with Gasteiger partial charge < -0.3 is 0 Å². The molecule has 3 aromatic rings. The standard InChI is InChI=1S/C20H19N3OS/c1-3-14(2)15-8-10-16(11-9-15)23-19(24)17-6-4-5-7-18(17)22-20(23)25-13-12-21/h4-11,14H,3,13H2,1-2H3/t14-/m0/s1. The van der Waals surface area contributed by atoms with Crippen LogP contribution in [0.3, 0.4) is 0 Å². The number of nitriles is 1. The first-order chi connectivity index (χ1) is 12.2. The number of benzene rings is 2. The number of hydrogen-bond acceptors (Lipinski definition) is 4. The van der Waals surface area contributed by atoms with E-state index in [1.165, 1.54) is 17.3 Å². The largest absolute Gasteiger partial charge is 0.268 e. The molecular weight excluding hydrogens is 330 g/mol. The van der Waals surface area contributed by atoms with Gasteiger partial charge in [-0.25, -0.2) is 4.98 Å². The van der Waals surface area contributed by atoms with Crippen LogP contribution in [0.2, 0.25) is 0 Å². The van der Waals surface area contributed by atoms with Crippen LogP contribution in [-0.4, -0.2) is 15.3 Å². The number of para-hydroxylation sites is 1. The molecule has 0 aliphatic heterocycles. The molecule has 0 aliphatic rings. The van der Waals surface area contributed by atoms with Crippen molar-refractivity contribution in [3.63, 3.8) is 0 Å². The molecule has 5 heteroatoms. The fourth-order valence-corrected chi connectivity index (χ4v) is 3.40. The normalized spacial score (nSPS) is 12.0. The van der Waals surface area contributed by atoms with E-state index in [2.05, 4.69) is 37.0 Å². The number of aromatic nitrogens is 2. The average Bonchev–Trinajstić information content (AvgIpc) is 2.66. The molecule has 0 aliphatic carbocycles. The van der Waals surface area contributed by atoms with Crippen molar-refractivity contribution >= 4 is 22.7 Å². The topological polar surface area (TPSA) is 58.7 Å². The Kier molecular flexibility index (Phi) is 5.20. The Labute approximate surface area is 151 Å². The molecule has 1 aromatic heterocycles. The SMILES string of the molecule is CC[C@H](C)c1ccc(-n2c(SCC#N)nc3ccccc3c2=O)cc1. The molecule has 3 rings (SSSR count). The van der Waals surface area contributed by atoms with Gasteiger partial charge in [0.05, 0.1) is 28.4 Å². The van der Waals surface area contributed by atoms with Crippen molar-refractivity contribution in [2.75, 3.05) is 5.75 Å². The summed E-state index contributed by atoms with van der Waals surface area (Å²) in [5.74, 6) is 0.725. The van der Waals surface area contributed by atoms with Gasteiger partial charge in [-0.2, -0.15) is 5.26 Å². The van der Waals surface area contributed by atoms with Crippen molar-refractivity contribution < 1.29 is 0 Å². The molecule has 0 fully saturated rings. The lowest BCUT2D eigenvalue weighted by Crippen LogP contribution is -2.21. The van der Waals surface area contributed by atoms with Crippen LogP contribution in [0.4, 0.5) is 0 Å². The Morgan fingerprint density at radius 1 is 1.20 bits per heavy atom. The van der Waals surface area contributed by atoms with Crippen LogP contribution >= 0.6 is 11.8 Å². The minimum absolute atomic E-state index is 0.109. The fourth-order valence-electron chi connectivity index (χ4n) is 2.72. The monoisotopic (exact) mass is 349 g/mol. The van der Waals surface area contributed by atoms with E-state index in [-0.39, 0.29) is 11.3 Å². The van der Waals surface area contributed by atoms with E-state index in [9.17, 15) is 4.79 Å². The summed E-state index contributed by atoms with van der Waals surface area (Å²) in [6.45, 7) is 4.35. The maximum absolute atomic E-state index is 13.0. The quantitative estimate of drug-likeness (QED) is 0.502. The third kappa shape index (κ3) is 3.45. The van der Waals surface area contributed by atoms with Gasteiger partial charge in [0.2, 0.25) is 0 Å². The molecule has 0 saturated heterocycles. The number of nitrogens with zero attached hydrogens (tertiary/aromatic N) is 3. The number of fused-ring (bicyclic) bond motifs is 1. The Morgan fingerprint density at radius 2 is 1.92 bits per heavy atom.